The van der Waals surface area contributed by atoms with Gasteiger partial charge in [0.1, 0.15) is 0 Å². The zero-order valence-corrected chi connectivity index (χ0v) is 5.40. The predicted molar refractivity (Wildman–Crippen MR) is 34.6 cm³/mol. The zero-order chi connectivity index (χ0) is 7.84. The van der Waals surface area contributed by atoms with Crippen molar-refractivity contribution in [3.05, 3.63) is 24.4 Å². The van der Waals surface area contributed by atoms with Crippen LogP contribution in [0.3, 0.4) is 0 Å². The molecule has 2 rings (SSSR count). The van der Waals surface area contributed by atoms with Crippen LogP contribution >= 0.6 is 0 Å². The van der Waals surface area contributed by atoms with Crippen LogP contribution in [-0.4, -0.2) is 19.7 Å². The fourth-order valence-corrected chi connectivity index (χ4v) is 0.836. The molecule has 0 unspecified atom stereocenters. The first kappa shape index (κ1) is 6.09. The SMILES string of the molecule is Oc1cnc2c(F)cnn2c1. The van der Waals surface area contributed by atoms with E-state index in [1.54, 1.807) is 0 Å². The van der Waals surface area contributed by atoms with Crippen LogP contribution in [0.4, 0.5) is 4.39 Å². The number of hydrogen-bond acceptors (Lipinski definition) is 3. The monoisotopic (exact) mass is 153 g/mol. The second-order valence-electron chi connectivity index (χ2n) is 2.07. The number of rotatable bonds is 0. The first-order chi connectivity index (χ1) is 5.27. The molecule has 2 heterocycles. The molecule has 2 aromatic rings. The average Bonchev–Trinajstić information content (AvgIpc) is 2.32. The summed E-state index contributed by atoms with van der Waals surface area (Å²) in [5.74, 6) is -0.536. The summed E-state index contributed by atoms with van der Waals surface area (Å²) in [6.45, 7) is 0. The molecule has 0 radical (unpaired) electrons. The van der Waals surface area contributed by atoms with Crippen LogP contribution in [0.25, 0.3) is 5.65 Å². The van der Waals surface area contributed by atoms with E-state index in [1.165, 1.54) is 16.9 Å². The van der Waals surface area contributed by atoms with Crippen LogP contribution in [0.1, 0.15) is 0 Å². The molecular formula is C6H4FN3O. The van der Waals surface area contributed by atoms with Crippen LogP contribution < -0.4 is 0 Å². The number of nitrogens with zero attached hydrogens (tertiary/aromatic N) is 3. The fraction of sp³-hybridized carbons (Fsp3) is 0. The molecular weight excluding hydrogens is 149 g/mol. The fourth-order valence-electron chi connectivity index (χ4n) is 0.836. The summed E-state index contributed by atoms with van der Waals surface area (Å²) in [6.07, 6.45) is 3.49. The van der Waals surface area contributed by atoms with Gasteiger partial charge in [0.25, 0.3) is 0 Å². The smallest absolute Gasteiger partial charge is 0.191 e. The molecule has 0 aromatic carbocycles. The normalized spacial score (nSPS) is 10.6. The summed E-state index contributed by atoms with van der Waals surface area (Å²) in [5, 5.41) is 12.5. The van der Waals surface area contributed by atoms with Gasteiger partial charge in [0.2, 0.25) is 0 Å². The van der Waals surface area contributed by atoms with Crippen LogP contribution in [0.5, 0.6) is 5.75 Å². The van der Waals surface area contributed by atoms with Crippen molar-refractivity contribution in [2.24, 2.45) is 0 Å². The number of aromatic hydroxyl groups is 1. The van der Waals surface area contributed by atoms with Crippen molar-refractivity contribution in [1.29, 1.82) is 0 Å². The molecule has 0 bridgehead atoms. The quantitative estimate of drug-likeness (QED) is 0.602. The van der Waals surface area contributed by atoms with Gasteiger partial charge >= 0.3 is 0 Å². The van der Waals surface area contributed by atoms with Crippen LogP contribution in [0.15, 0.2) is 18.6 Å². The molecule has 0 spiro atoms. The maximum absolute atomic E-state index is 12.7. The maximum atomic E-state index is 12.7. The van der Waals surface area contributed by atoms with Crippen LogP contribution in [0.2, 0.25) is 0 Å². The highest BCUT2D eigenvalue weighted by Crippen LogP contribution is 2.09. The van der Waals surface area contributed by atoms with Crippen LogP contribution in [-0.2, 0) is 0 Å². The molecule has 0 aliphatic heterocycles. The van der Waals surface area contributed by atoms with E-state index in [2.05, 4.69) is 10.1 Å². The summed E-state index contributed by atoms with van der Waals surface area (Å²) in [5.41, 5.74) is 0.114. The van der Waals surface area contributed by atoms with Crippen molar-refractivity contribution in [3.63, 3.8) is 0 Å². The Balaban J connectivity index is 2.86. The molecule has 0 aliphatic rings. The Hall–Kier alpha value is -1.65. The largest absolute Gasteiger partial charge is 0.505 e. The highest BCUT2D eigenvalue weighted by molar-refractivity contribution is 5.38. The lowest BCUT2D eigenvalue weighted by atomic mass is 10.5. The molecule has 0 amide bonds. The average molecular weight is 153 g/mol. The Morgan fingerprint density at radius 1 is 1.45 bits per heavy atom. The molecule has 1 N–H and O–H groups in total. The van der Waals surface area contributed by atoms with Gasteiger partial charge in [-0.05, 0) is 0 Å². The molecule has 0 aliphatic carbocycles. The van der Waals surface area contributed by atoms with Gasteiger partial charge in [-0.25, -0.2) is 13.9 Å². The minimum atomic E-state index is -0.495. The molecule has 0 saturated heterocycles. The van der Waals surface area contributed by atoms with Gasteiger partial charge < -0.3 is 5.11 Å². The van der Waals surface area contributed by atoms with Crippen molar-refractivity contribution in [2.45, 2.75) is 0 Å². The van der Waals surface area contributed by atoms with Crippen molar-refractivity contribution in [1.82, 2.24) is 14.6 Å². The summed E-state index contributed by atoms with van der Waals surface area (Å²) in [7, 11) is 0. The minimum absolute atomic E-state index is 0.0411. The Bertz CT molecular complexity index is 398. The van der Waals surface area contributed by atoms with Crippen molar-refractivity contribution >= 4 is 5.65 Å². The summed E-state index contributed by atoms with van der Waals surface area (Å²) in [6, 6.07) is 0. The number of hydrogen-bond donors (Lipinski definition) is 1. The molecule has 5 heteroatoms. The van der Waals surface area contributed by atoms with E-state index in [4.69, 9.17) is 5.11 Å². The Kier molecular flexibility index (Phi) is 1.06. The summed E-state index contributed by atoms with van der Waals surface area (Å²) < 4.78 is 13.8. The topological polar surface area (TPSA) is 50.4 Å². The molecule has 0 fully saturated rings. The van der Waals surface area contributed by atoms with E-state index in [9.17, 15) is 4.39 Å². The van der Waals surface area contributed by atoms with E-state index in [0.717, 1.165) is 6.20 Å². The molecule has 56 valence electrons. The van der Waals surface area contributed by atoms with Crippen molar-refractivity contribution in [3.8, 4) is 5.75 Å². The van der Waals surface area contributed by atoms with Gasteiger partial charge in [0.15, 0.2) is 17.2 Å². The first-order valence-electron chi connectivity index (χ1n) is 2.95. The number of aromatic nitrogens is 3. The Morgan fingerprint density at radius 2 is 2.27 bits per heavy atom. The van der Waals surface area contributed by atoms with Gasteiger partial charge in [-0.15, -0.1) is 0 Å². The highest BCUT2D eigenvalue weighted by Gasteiger charge is 2.03. The van der Waals surface area contributed by atoms with Gasteiger partial charge in [0.05, 0.1) is 18.6 Å². The molecule has 4 nitrogen and oxygen atoms in total. The van der Waals surface area contributed by atoms with E-state index in [-0.39, 0.29) is 11.4 Å². The maximum Gasteiger partial charge on any atom is 0.191 e. The van der Waals surface area contributed by atoms with E-state index in [1.807, 2.05) is 0 Å². The Labute approximate surface area is 60.9 Å². The van der Waals surface area contributed by atoms with E-state index in [0.29, 0.717) is 0 Å². The number of halogens is 1. The van der Waals surface area contributed by atoms with E-state index < -0.39 is 5.82 Å². The summed E-state index contributed by atoms with van der Waals surface area (Å²) in [4.78, 5) is 3.62. The van der Waals surface area contributed by atoms with Crippen molar-refractivity contribution in [2.75, 3.05) is 0 Å². The van der Waals surface area contributed by atoms with E-state index >= 15 is 0 Å². The second kappa shape index (κ2) is 1.91. The molecule has 11 heavy (non-hydrogen) atoms. The van der Waals surface area contributed by atoms with Crippen LogP contribution in [0, 0.1) is 5.82 Å². The second-order valence-corrected chi connectivity index (χ2v) is 2.07. The van der Waals surface area contributed by atoms with Gasteiger partial charge in [-0.1, -0.05) is 0 Å². The Morgan fingerprint density at radius 3 is 3.09 bits per heavy atom. The summed E-state index contributed by atoms with van der Waals surface area (Å²) >= 11 is 0. The number of fused-ring (bicyclic) bond motifs is 1. The predicted octanol–water partition coefficient (Wildman–Crippen LogP) is 0.574. The lowest BCUT2D eigenvalue weighted by molar-refractivity contribution is 0.467. The standard InChI is InChI=1S/C6H4FN3O/c7-5-2-9-10-3-4(11)1-8-6(5)10/h1-3,11H. The van der Waals surface area contributed by atoms with Gasteiger partial charge in [-0.3, -0.25) is 0 Å². The minimum Gasteiger partial charge on any atom is -0.505 e. The third kappa shape index (κ3) is 0.813. The molecule has 0 saturated carbocycles. The highest BCUT2D eigenvalue weighted by atomic mass is 19.1. The lowest BCUT2D eigenvalue weighted by Gasteiger charge is -1.91. The third-order valence-corrected chi connectivity index (χ3v) is 1.30. The molecule has 0 atom stereocenters. The lowest BCUT2D eigenvalue weighted by Crippen LogP contribution is -1.88. The van der Waals surface area contributed by atoms with Crippen molar-refractivity contribution < 1.29 is 9.50 Å². The molecule has 2 aromatic heterocycles. The van der Waals surface area contributed by atoms with Gasteiger partial charge in [0, 0.05) is 0 Å². The first-order valence-corrected chi connectivity index (χ1v) is 2.95. The van der Waals surface area contributed by atoms with Gasteiger partial charge in [-0.2, -0.15) is 5.10 Å². The zero-order valence-electron chi connectivity index (χ0n) is 5.40. The third-order valence-electron chi connectivity index (χ3n) is 1.30.